The van der Waals surface area contributed by atoms with Crippen molar-refractivity contribution in [1.29, 1.82) is 0 Å². The molecule has 0 saturated carbocycles. The molecular formula is C26H42F5NO3S. The molecule has 0 N–H and O–H groups in total. The average molecular weight is 544 g/mol. The van der Waals surface area contributed by atoms with Gasteiger partial charge in [-0.2, -0.15) is 0 Å². The molecule has 1 aromatic rings. The number of hydrogen-bond donors (Lipinski definition) is 0. The molecule has 0 bridgehead atoms. The molecule has 0 amide bonds. The first kappa shape index (κ1) is 32.8. The number of benzene rings is 1. The van der Waals surface area contributed by atoms with Gasteiger partial charge in [-0.25, -0.2) is 30.4 Å². The molecule has 0 radical (unpaired) electrons. The molecule has 1 saturated heterocycles. The summed E-state index contributed by atoms with van der Waals surface area (Å²) >= 11 is 0. The van der Waals surface area contributed by atoms with Crippen LogP contribution in [0.4, 0.5) is 22.0 Å². The van der Waals surface area contributed by atoms with Crippen molar-refractivity contribution in [2.75, 3.05) is 26.2 Å². The summed E-state index contributed by atoms with van der Waals surface area (Å²) in [6.07, 6.45) is 20.4. The third-order valence-electron chi connectivity index (χ3n) is 6.91. The molecule has 0 unspecified atom stereocenters. The fourth-order valence-electron chi connectivity index (χ4n) is 4.82. The Balaban J connectivity index is 0.000000381. The van der Waals surface area contributed by atoms with E-state index in [0.717, 1.165) is 0 Å². The zero-order valence-corrected chi connectivity index (χ0v) is 22.5. The van der Waals surface area contributed by atoms with Gasteiger partial charge >= 0.3 is 0 Å². The molecule has 0 spiro atoms. The van der Waals surface area contributed by atoms with E-state index < -0.39 is 44.1 Å². The molecule has 36 heavy (non-hydrogen) atoms. The van der Waals surface area contributed by atoms with Crippen LogP contribution in [0.15, 0.2) is 4.90 Å². The quantitative estimate of drug-likeness (QED) is 0.0571. The Labute approximate surface area is 213 Å². The van der Waals surface area contributed by atoms with Crippen LogP contribution in [0.3, 0.4) is 0 Å². The van der Waals surface area contributed by atoms with Gasteiger partial charge < -0.3 is 9.04 Å². The number of rotatable bonds is 15. The minimum absolute atomic E-state index is 1.37. The highest BCUT2D eigenvalue weighted by atomic mass is 32.2. The van der Waals surface area contributed by atoms with Crippen LogP contribution in [0.25, 0.3) is 0 Å². The maximum Gasteiger partial charge on any atom is 0.200 e. The van der Waals surface area contributed by atoms with Crippen molar-refractivity contribution in [2.24, 2.45) is 0 Å². The maximum atomic E-state index is 12.6. The molecule has 1 heterocycles. The first-order chi connectivity index (χ1) is 17.0. The molecule has 0 aromatic heterocycles. The molecule has 1 aliphatic heterocycles. The zero-order valence-electron chi connectivity index (χ0n) is 21.7. The number of nitrogens with zero attached hydrogens (tertiary/aromatic N) is 1. The SMILES string of the molecule is CCCCCCCC[N+]1(CCCCCCCC)CCCC1.O=S(=O)([O-])c1c(F)c(F)c(F)c(F)c1F. The van der Waals surface area contributed by atoms with Crippen molar-refractivity contribution in [3.05, 3.63) is 29.1 Å². The zero-order chi connectivity index (χ0) is 27.2. The summed E-state index contributed by atoms with van der Waals surface area (Å²) in [4.78, 5) is -2.38. The number of hydrogen-bond acceptors (Lipinski definition) is 3. The van der Waals surface area contributed by atoms with Crippen molar-refractivity contribution in [2.45, 2.75) is 109 Å². The van der Waals surface area contributed by atoms with Crippen molar-refractivity contribution in [1.82, 2.24) is 0 Å². The molecule has 0 atom stereocenters. The Hall–Kier alpha value is -1.26. The number of likely N-dealkylation sites (tertiary alicyclic amines) is 1. The molecule has 1 fully saturated rings. The van der Waals surface area contributed by atoms with E-state index in [1.807, 2.05) is 0 Å². The highest BCUT2D eigenvalue weighted by molar-refractivity contribution is 7.85. The van der Waals surface area contributed by atoms with Crippen molar-refractivity contribution >= 4 is 10.1 Å². The largest absolute Gasteiger partial charge is 0.744 e. The minimum Gasteiger partial charge on any atom is -0.744 e. The van der Waals surface area contributed by atoms with Gasteiger partial charge in [-0.05, 0) is 25.7 Å². The molecule has 10 heteroatoms. The summed E-state index contributed by atoms with van der Waals surface area (Å²) in [5.74, 6) is -12.8. The summed E-state index contributed by atoms with van der Waals surface area (Å²) in [5, 5.41) is 0. The summed E-state index contributed by atoms with van der Waals surface area (Å²) < 4.78 is 94.4. The predicted octanol–water partition coefficient (Wildman–Crippen LogP) is 7.60. The van der Waals surface area contributed by atoms with Crippen molar-refractivity contribution in [3.63, 3.8) is 0 Å². The molecule has 4 nitrogen and oxygen atoms in total. The van der Waals surface area contributed by atoms with Gasteiger partial charge in [0, 0.05) is 12.8 Å². The Bertz CT molecular complexity index is 843. The van der Waals surface area contributed by atoms with E-state index in [-0.39, 0.29) is 0 Å². The van der Waals surface area contributed by atoms with E-state index in [1.54, 1.807) is 0 Å². The Kier molecular flexibility index (Phi) is 15.1. The normalized spacial score (nSPS) is 15.1. The van der Waals surface area contributed by atoms with Crippen LogP contribution in [-0.4, -0.2) is 43.6 Å². The molecule has 0 aliphatic carbocycles. The number of halogens is 5. The van der Waals surface area contributed by atoms with Gasteiger partial charge in [0.05, 0.1) is 26.2 Å². The highest BCUT2D eigenvalue weighted by Gasteiger charge is 2.31. The summed E-state index contributed by atoms with van der Waals surface area (Å²) in [5.41, 5.74) is 0. The van der Waals surface area contributed by atoms with Crippen LogP contribution in [0, 0.1) is 29.1 Å². The van der Waals surface area contributed by atoms with Gasteiger partial charge in [0.2, 0.25) is 5.82 Å². The second kappa shape index (κ2) is 16.6. The minimum atomic E-state index is -5.77. The monoisotopic (exact) mass is 543 g/mol. The van der Waals surface area contributed by atoms with E-state index >= 15 is 0 Å². The Morgan fingerprint density at radius 3 is 1.31 bits per heavy atom. The molecule has 1 aromatic carbocycles. The standard InChI is InChI=1S/C20H42N.C6HF5O3S/c1-3-5-7-9-11-13-17-21(19-15-16-20-21)18-14-12-10-8-6-4-2;7-1-2(8)4(10)6(15(12,13)14)5(11)3(1)9/h3-20H2,1-2H3;(H,12,13,14)/q+1;/p-1. The van der Waals surface area contributed by atoms with Crippen LogP contribution >= 0.6 is 0 Å². The summed E-state index contributed by atoms with van der Waals surface area (Å²) in [6.45, 7) is 10.6. The highest BCUT2D eigenvalue weighted by Crippen LogP contribution is 2.26. The smallest absolute Gasteiger partial charge is 0.200 e. The van der Waals surface area contributed by atoms with E-state index in [0.29, 0.717) is 0 Å². The van der Waals surface area contributed by atoms with Gasteiger partial charge in [0.1, 0.15) is 15.0 Å². The molecule has 210 valence electrons. The summed E-state index contributed by atoms with van der Waals surface area (Å²) in [7, 11) is -5.77. The number of unbranched alkanes of at least 4 members (excludes halogenated alkanes) is 10. The van der Waals surface area contributed by atoms with Crippen molar-refractivity contribution < 1.29 is 39.4 Å². The van der Waals surface area contributed by atoms with Crippen LogP contribution < -0.4 is 0 Å². The Morgan fingerprint density at radius 2 is 0.944 bits per heavy atom. The van der Waals surface area contributed by atoms with E-state index in [2.05, 4.69) is 13.8 Å². The lowest BCUT2D eigenvalue weighted by molar-refractivity contribution is -0.917. The second-order valence-corrected chi connectivity index (χ2v) is 11.1. The second-order valence-electron chi connectivity index (χ2n) is 9.83. The van der Waals surface area contributed by atoms with Crippen LogP contribution in [0.5, 0.6) is 0 Å². The first-order valence-corrected chi connectivity index (χ1v) is 14.7. The van der Waals surface area contributed by atoms with Gasteiger partial charge in [0.25, 0.3) is 0 Å². The van der Waals surface area contributed by atoms with Gasteiger partial charge in [-0.1, -0.05) is 65.2 Å². The third-order valence-corrected chi connectivity index (χ3v) is 7.76. The van der Waals surface area contributed by atoms with Crippen molar-refractivity contribution in [3.8, 4) is 0 Å². The lowest BCUT2D eigenvalue weighted by Gasteiger charge is -2.34. The molecule has 1 aliphatic rings. The van der Waals surface area contributed by atoms with Crippen LogP contribution in [0.1, 0.15) is 104 Å². The first-order valence-electron chi connectivity index (χ1n) is 13.3. The topological polar surface area (TPSA) is 57.2 Å². The Morgan fingerprint density at radius 1 is 0.611 bits per heavy atom. The third kappa shape index (κ3) is 10.6. The van der Waals surface area contributed by atoms with Gasteiger partial charge in [0.15, 0.2) is 23.3 Å². The molecular weight excluding hydrogens is 501 g/mol. The predicted molar refractivity (Wildman–Crippen MR) is 130 cm³/mol. The average Bonchev–Trinajstić information content (AvgIpc) is 3.29. The summed E-state index contributed by atoms with van der Waals surface area (Å²) in [6, 6.07) is 0. The maximum absolute atomic E-state index is 12.6. The fraction of sp³-hybridized carbons (Fsp3) is 0.769. The van der Waals surface area contributed by atoms with Crippen LogP contribution in [-0.2, 0) is 10.1 Å². The lowest BCUT2D eigenvalue weighted by Crippen LogP contribution is -2.46. The fourth-order valence-corrected chi connectivity index (χ4v) is 5.44. The van der Waals surface area contributed by atoms with E-state index in [1.165, 1.54) is 121 Å². The van der Waals surface area contributed by atoms with E-state index in [9.17, 15) is 34.9 Å². The van der Waals surface area contributed by atoms with Gasteiger partial charge in [-0.15, -0.1) is 0 Å². The van der Waals surface area contributed by atoms with Gasteiger partial charge in [-0.3, -0.25) is 0 Å². The lowest BCUT2D eigenvalue weighted by atomic mass is 10.1. The van der Waals surface area contributed by atoms with E-state index in [4.69, 9.17) is 0 Å². The number of quaternary nitrogens is 1. The molecule has 2 rings (SSSR count). The van der Waals surface area contributed by atoms with Crippen LogP contribution in [0.2, 0.25) is 0 Å².